The van der Waals surface area contributed by atoms with Crippen LogP contribution >= 0.6 is 23.2 Å². The van der Waals surface area contributed by atoms with Gasteiger partial charge in [-0.3, -0.25) is 4.79 Å². The summed E-state index contributed by atoms with van der Waals surface area (Å²) in [5.74, 6) is 1.10. The zero-order chi connectivity index (χ0) is 20.3. The highest BCUT2D eigenvalue weighted by Gasteiger charge is 2.18. The Labute approximate surface area is 171 Å². The number of anilines is 1. The SMILES string of the molecule is COc1cc(NC(=O)c2cc(-c3ccc(Cl)cc3Cl)on2)cc(OC)c1OC. The van der Waals surface area contributed by atoms with Gasteiger partial charge in [0.05, 0.1) is 26.4 Å². The molecule has 0 fully saturated rings. The van der Waals surface area contributed by atoms with Gasteiger partial charge in [0.25, 0.3) is 5.91 Å². The van der Waals surface area contributed by atoms with Crippen LogP contribution in [0.5, 0.6) is 17.2 Å². The number of carbonyl (C=O) groups is 1. The summed E-state index contributed by atoms with van der Waals surface area (Å²) in [4.78, 5) is 12.6. The van der Waals surface area contributed by atoms with E-state index in [2.05, 4.69) is 10.5 Å². The zero-order valence-electron chi connectivity index (χ0n) is 15.2. The smallest absolute Gasteiger partial charge is 0.277 e. The molecule has 28 heavy (non-hydrogen) atoms. The van der Waals surface area contributed by atoms with E-state index in [1.165, 1.54) is 27.4 Å². The van der Waals surface area contributed by atoms with Crippen molar-refractivity contribution < 1.29 is 23.5 Å². The normalized spacial score (nSPS) is 10.5. The van der Waals surface area contributed by atoms with Crippen LogP contribution in [0.3, 0.4) is 0 Å². The van der Waals surface area contributed by atoms with E-state index >= 15 is 0 Å². The molecule has 0 unspecified atom stereocenters. The Hall–Kier alpha value is -2.90. The first-order valence-electron chi connectivity index (χ1n) is 8.00. The van der Waals surface area contributed by atoms with Crippen LogP contribution in [0.1, 0.15) is 10.5 Å². The van der Waals surface area contributed by atoms with Crippen LogP contribution in [0.2, 0.25) is 10.0 Å². The summed E-state index contributed by atoms with van der Waals surface area (Å²) in [5, 5.41) is 7.40. The molecule has 0 spiro atoms. The molecular formula is C19H16Cl2N2O5. The largest absolute Gasteiger partial charge is 0.493 e. The van der Waals surface area contributed by atoms with Gasteiger partial charge in [0.15, 0.2) is 23.0 Å². The summed E-state index contributed by atoms with van der Waals surface area (Å²) in [6, 6.07) is 9.64. The number of hydrogen-bond donors (Lipinski definition) is 1. The second-order valence-electron chi connectivity index (χ2n) is 5.57. The van der Waals surface area contributed by atoms with Crippen LogP contribution in [0, 0.1) is 0 Å². The molecule has 0 bridgehead atoms. The van der Waals surface area contributed by atoms with Crippen molar-refractivity contribution in [1.29, 1.82) is 0 Å². The van der Waals surface area contributed by atoms with Crippen molar-refractivity contribution >= 4 is 34.8 Å². The first-order valence-corrected chi connectivity index (χ1v) is 8.76. The first kappa shape index (κ1) is 19.9. The number of amides is 1. The molecule has 3 rings (SSSR count). The van der Waals surface area contributed by atoms with E-state index in [1.807, 2.05) is 0 Å². The van der Waals surface area contributed by atoms with Gasteiger partial charge in [-0.2, -0.15) is 0 Å². The summed E-state index contributed by atoms with van der Waals surface area (Å²) >= 11 is 12.1. The molecule has 0 aliphatic rings. The molecular weight excluding hydrogens is 407 g/mol. The number of carbonyl (C=O) groups excluding carboxylic acids is 1. The topological polar surface area (TPSA) is 82.8 Å². The number of rotatable bonds is 6. The van der Waals surface area contributed by atoms with Crippen molar-refractivity contribution in [1.82, 2.24) is 5.16 Å². The maximum Gasteiger partial charge on any atom is 0.277 e. The Balaban J connectivity index is 1.85. The third-order valence-electron chi connectivity index (χ3n) is 3.86. The van der Waals surface area contributed by atoms with Crippen LogP contribution in [0.15, 0.2) is 40.9 Å². The summed E-state index contributed by atoms with van der Waals surface area (Å²) in [7, 11) is 4.47. The highest BCUT2D eigenvalue weighted by atomic mass is 35.5. The molecule has 0 atom stereocenters. The lowest BCUT2D eigenvalue weighted by molar-refractivity contribution is 0.101. The van der Waals surface area contributed by atoms with Crippen molar-refractivity contribution in [2.24, 2.45) is 0 Å². The Morgan fingerprint density at radius 2 is 1.68 bits per heavy atom. The van der Waals surface area contributed by atoms with E-state index in [4.69, 9.17) is 41.9 Å². The van der Waals surface area contributed by atoms with Gasteiger partial charge in [0, 0.05) is 34.5 Å². The minimum Gasteiger partial charge on any atom is -0.493 e. The monoisotopic (exact) mass is 422 g/mol. The van der Waals surface area contributed by atoms with Crippen LogP contribution in [0.25, 0.3) is 11.3 Å². The number of aromatic nitrogens is 1. The summed E-state index contributed by atoms with van der Waals surface area (Å²) in [6.07, 6.45) is 0. The molecule has 0 saturated heterocycles. The number of ether oxygens (including phenoxy) is 3. The molecule has 1 heterocycles. The lowest BCUT2D eigenvalue weighted by atomic mass is 10.1. The number of hydrogen-bond acceptors (Lipinski definition) is 6. The van der Waals surface area contributed by atoms with Gasteiger partial charge in [0.1, 0.15) is 0 Å². The average Bonchev–Trinajstić information content (AvgIpc) is 3.17. The van der Waals surface area contributed by atoms with E-state index < -0.39 is 5.91 Å². The lowest BCUT2D eigenvalue weighted by Gasteiger charge is -2.14. The van der Waals surface area contributed by atoms with Crippen LogP contribution in [-0.4, -0.2) is 32.4 Å². The molecule has 0 radical (unpaired) electrons. The maximum atomic E-state index is 12.6. The van der Waals surface area contributed by atoms with Crippen molar-refractivity contribution in [2.45, 2.75) is 0 Å². The molecule has 3 aromatic rings. The van der Waals surface area contributed by atoms with Crippen LogP contribution in [-0.2, 0) is 0 Å². The van der Waals surface area contributed by atoms with Crippen LogP contribution < -0.4 is 19.5 Å². The number of nitrogens with one attached hydrogen (secondary N) is 1. The minimum atomic E-state index is -0.477. The van der Waals surface area contributed by atoms with Crippen molar-refractivity contribution in [2.75, 3.05) is 26.6 Å². The highest BCUT2D eigenvalue weighted by molar-refractivity contribution is 6.36. The Morgan fingerprint density at radius 1 is 1.00 bits per heavy atom. The third-order valence-corrected chi connectivity index (χ3v) is 4.41. The van der Waals surface area contributed by atoms with Gasteiger partial charge >= 0.3 is 0 Å². The summed E-state index contributed by atoms with van der Waals surface area (Å²) in [5.41, 5.74) is 1.09. The second-order valence-corrected chi connectivity index (χ2v) is 6.41. The Morgan fingerprint density at radius 3 is 2.25 bits per heavy atom. The van der Waals surface area contributed by atoms with Gasteiger partial charge in [-0.15, -0.1) is 0 Å². The van der Waals surface area contributed by atoms with Crippen molar-refractivity contribution in [3.63, 3.8) is 0 Å². The van der Waals surface area contributed by atoms with Gasteiger partial charge in [-0.1, -0.05) is 28.4 Å². The van der Waals surface area contributed by atoms with Crippen molar-refractivity contribution in [3.05, 3.63) is 52.1 Å². The fourth-order valence-corrected chi connectivity index (χ4v) is 3.05. The van der Waals surface area contributed by atoms with Gasteiger partial charge < -0.3 is 24.1 Å². The fraction of sp³-hybridized carbons (Fsp3) is 0.158. The molecule has 0 saturated carbocycles. The summed E-state index contributed by atoms with van der Waals surface area (Å²) < 4.78 is 21.1. The molecule has 0 aliphatic heterocycles. The number of nitrogens with zero attached hydrogens (tertiary/aromatic N) is 1. The third kappa shape index (κ3) is 4.00. The maximum absolute atomic E-state index is 12.6. The molecule has 1 aromatic heterocycles. The zero-order valence-corrected chi connectivity index (χ0v) is 16.7. The predicted octanol–water partition coefficient (Wildman–Crippen LogP) is 4.93. The minimum absolute atomic E-state index is 0.0785. The Bertz CT molecular complexity index is 994. The average molecular weight is 423 g/mol. The van der Waals surface area contributed by atoms with Gasteiger partial charge in [-0.25, -0.2) is 0 Å². The standard InChI is InChI=1S/C19H16Cl2N2O5/c1-25-16-7-11(8-17(26-2)18(16)27-3)22-19(24)14-9-15(28-23-14)12-5-4-10(20)6-13(12)21/h4-9H,1-3H3,(H,22,24). The van der Waals surface area contributed by atoms with E-state index in [1.54, 1.807) is 30.3 Å². The molecule has 7 nitrogen and oxygen atoms in total. The molecule has 1 amide bonds. The quantitative estimate of drug-likeness (QED) is 0.606. The molecule has 9 heteroatoms. The Kier molecular flexibility index (Phi) is 5.96. The predicted molar refractivity (Wildman–Crippen MR) is 106 cm³/mol. The number of benzene rings is 2. The van der Waals surface area contributed by atoms with E-state index in [0.717, 1.165) is 0 Å². The molecule has 2 aromatic carbocycles. The number of methoxy groups -OCH3 is 3. The summed E-state index contributed by atoms with van der Waals surface area (Å²) in [6.45, 7) is 0. The van der Waals surface area contributed by atoms with E-state index in [9.17, 15) is 4.79 Å². The molecule has 146 valence electrons. The first-order chi connectivity index (χ1) is 13.5. The second kappa shape index (κ2) is 8.41. The molecule has 0 aliphatic carbocycles. The number of halogens is 2. The molecule has 1 N–H and O–H groups in total. The van der Waals surface area contributed by atoms with Gasteiger partial charge in [0.2, 0.25) is 5.75 Å². The van der Waals surface area contributed by atoms with E-state index in [0.29, 0.717) is 44.3 Å². The highest BCUT2D eigenvalue weighted by Crippen LogP contribution is 2.40. The van der Waals surface area contributed by atoms with Crippen LogP contribution in [0.4, 0.5) is 5.69 Å². The van der Waals surface area contributed by atoms with E-state index in [-0.39, 0.29) is 5.69 Å². The van der Waals surface area contributed by atoms with Crippen molar-refractivity contribution in [3.8, 4) is 28.6 Å². The fourth-order valence-electron chi connectivity index (χ4n) is 2.55. The van der Waals surface area contributed by atoms with Gasteiger partial charge in [-0.05, 0) is 18.2 Å². The lowest BCUT2D eigenvalue weighted by Crippen LogP contribution is -2.12.